The van der Waals surface area contributed by atoms with Crippen LogP contribution in [0.15, 0.2) is 35.7 Å². The molecule has 0 amide bonds. The lowest BCUT2D eigenvalue weighted by Crippen LogP contribution is -2.45. The SMILES string of the molecule is Fc1ccc([C@H](c2cccs2)N2CCNCC2)cc1C(F)(F)F. The number of nitrogens with zero attached hydrogens (tertiary/aromatic N) is 1. The van der Waals surface area contributed by atoms with Crippen LogP contribution in [0.5, 0.6) is 0 Å². The Morgan fingerprint density at radius 2 is 1.87 bits per heavy atom. The van der Waals surface area contributed by atoms with Gasteiger partial charge in [-0.2, -0.15) is 13.2 Å². The highest BCUT2D eigenvalue weighted by molar-refractivity contribution is 7.10. The predicted molar refractivity (Wildman–Crippen MR) is 82.0 cm³/mol. The smallest absolute Gasteiger partial charge is 0.314 e. The van der Waals surface area contributed by atoms with Crippen molar-refractivity contribution < 1.29 is 17.6 Å². The quantitative estimate of drug-likeness (QED) is 0.850. The molecule has 1 saturated heterocycles. The van der Waals surface area contributed by atoms with E-state index in [1.54, 1.807) is 0 Å². The Labute approximate surface area is 135 Å². The molecule has 1 N–H and O–H groups in total. The molecule has 7 heteroatoms. The summed E-state index contributed by atoms with van der Waals surface area (Å²) in [5.74, 6) is -1.23. The normalized spacial score (nSPS) is 18.1. The molecule has 0 saturated carbocycles. The summed E-state index contributed by atoms with van der Waals surface area (Å²) < 4.78 is 52.6. The van der Waals surface area contributed by atoms with Gasteiger partial charge in [-0.1, -0.05) is 12.1 Å². The van der Waals surface area contributed by atoms with Crippen molar-refractivity contribution in [2.75, 3.05) is 26.2 Å². The highest BCUT2D eigenvalue weighted by Crippen LogP contribution is 2.37. The Hall–Kier alpha value is -1.44. The zero-order chi connectivity index (χ0) is 16.4. The minimum Gasteiger partial charge on any atom is -0.314 e. The Morgan fingerprint density at radius 1 is 1.13 bits per heavy atom. The van der Waals surface area contributed by atoms with Gasteiger partial charge in [0, 0.05) is 31.1 Å². The molecule has 1 aromatic heterocycles. The number of nitrogens with one attached hydrogen (secondary N) is 1. The Kier molecular flexibility index (Phi) is 4.70. The van der Waals surface area contributed by atoms with Crippen molar-refractivity contribution in [2.24, 2.45) is 0 Å². The van der Waals surface area contributed by atoms with Crippen LogP contribution in [0.25, 0.3) is 0 Å². The van der Waals surface area contributed by atoms with Crippen molar-refractivity contribution >= 4 is 11.3 Å². The van der Waals surface area contributed by atoms with E-state index in [1.165, 1.54) is 17.4 Å². The summed E-state index contributed by atoms with van der Waals surface area (Å²) in [6.07, 6.45) is -4.69. The molecule has 0 spiro atoms. The summed E-state index contributed by atoms with van der Waals surface area (Å²) in [6, 6.07) is 6.83. The van der Waals surface area contributed by atoms with E-state index in [1.807, 2.05) is 17.5 Å². The van der Waals surface area contributed by atoms with E-state index in [2.05, 4.69) is 10.2 Å². The first-order chi connectivity index (χ1) is 11.0. The van der Waals surface area contributed by atoms with Gasteiger partial charge in [-0.3, -0.25) is 4.90 Å². The topological polar surface area (TPSA) is 15.3 Å². The van der Waals surface area contributed by atoms with Gasteiger partial charge in [0.05, 0.1) is 11.6 Å². The maximum Gasteiger partial charge on any atom is 0.419 e. The summed E-state index contributed by atoms with van der Waals surface area (Å²) in [5, 5.41) is 5.13. The molecule has 1 atom stereocenters. The zero-order valence-corrected chi connectivity index (χ0v) is 13.1. The minimum absolute atomic E-state index is 0.279. The standard InChI is InChI=1S/C16H16F4N2S/c17-13-4-3-11(10-12(13)16(18,19)20)15(14-2-1-9-23-14)22-7-5-21-6-8-22/h1-4,9-10,15,21H,5-8H2/t15-/m1/s1. The molecule has 0 unspecified atom stereocenters. The molecule has 124 valence electrons. The number of halogens is 4. The van der Waals surface area contributed by atoms with Gasteiger partial charge in [-0.25, -0.2) is 4.39 Å². The predicted octanol–water partition coefficient (Wildman–Crippen LogP) is 3.90. The van der Waals surface area contributed by atoms with Gasteiger partial charge in [0.15, 0.2) is 0 Å². The fourth-order valence-electron chi connectivity index (χ4n) is 2.87. The van der Waals surface area contributed by atoms with Gasteiger partial charge in [-0.05, 0) is 29.1 Å². The minimum atomic E-state index is -4.69. The maximum atomic E-state index is 13.6. The third kappa shape index (κ3) is 3.57. The van der Waals surface area contributed by atoms with Crippen LogP contribution in [0.4, 0.5) is 17.6 Å². The molecular formula is C16H16F4N2S. The molecule has 2 nitrogen and oxygen atoms in total. The zero-order valence-electron chi connectivity index (χ0n) is 12.2. The molecule has 2 heterocycles. The van der Waals surface area contributed by atoms with Gasteiger partial charge >= 0.3 is 6.18 Å². The molecule has 23 heavy (non-hydrogen) atoms. The Bertz CT molecular complexity index is 649. The molecule has 1 aliphatic rings. The van der Waals surface area contributed by atoms with Gasteiger partial charge in [0.2, 0.25) is 0 Å². The fraction of sp³-hybridized carbons (Fsp3) is 0.375. The van der Waals surface area contributed by atoms with E-state index < -0.39 is 17.6 Å². The summed E-state index contributed by atoms with van der Waals surface area (Å²) in [5.41, 5.74) is -0.727. The first kappa shape index (κ1) is 16.4. The van der Waals surface area contributed by atoms with Crippen LogP contribution in [0.2, 0.25) is 0 Å². The van der Waals surface area contributed by atoms with Crippen LogP contribution in [-0.4, -0.2) is 31.1 Å². The summed E-state index contributed by atoms with van der Waals surface area (Å²) >= 11 is 1.50. The number of piperazine rings is 1. The molecule has 2 aromatic rings. The number of benzene rings is 1. The van der Waals surface area contributed by atoms with Crippen LogP contribution < -0.4 is 5.32 Å². The monoisotopic (exact) mass is 344 g/mol. The van der Waals surface area contributed by atoms with Crippen molar-refractivity contribution in [1.82, 2.24) is 10.2 Å². The fourth-order valence-corrected chi connectivity index (χ4v) is 3.76. The maximum absolute atomic E-state index is 13.6. The van der Waals surface area contributed by atoms with Crippen LogP contribution in [0, 0.1) is 5.82 Å². The van der Waals surface area contributed by atoms with Crippen molar-refractivity contribution in [2.45, 2.75) is 12.2 Å². The number of rotatable bonds is 3. The molecule has 0 aliphatic carbocycles. The van der Waals surface area contributed by atoms with Gasteiger partial charge < -0.3 is 5.32 Å². The molecule has 1 aliphatic heterocycles. The van der Waals surface area contributed by atoms with E-state index in [0.717, 1.165) is 43.2 Å². The van der Waals surface area contributed by atoms with Crippen LogP contribution in [-0.2, 0) is 6.18 Å². The van der Waals surface area contributed by atoms with Crippen LogP contribution >= 0.6 is 11.3 Å². The van der Waals surface area contributed by atoms with Crippen molar-refractivity contribution in [3.05, 3.63) is 57.5 Å². The average Bonchev–Trinajstić information content (AvgIpc) is 3.03. The van der Waals surface area contributed by atoms with E-state index in [9.17, 15) is 17.6 Å². The number of thiophene rings is 1. The summed E-state index contributed by atoms with van der Waals surface area (Å²) in [7, 11) is 0. The lowest BCUT2D eigenvalue weighted by molar-refractivity contribution is -0.140. The van der Waals surface area contributed by atoms with Gasteiger partial charge in [0.25, 0.3) is 0 Å². The Morgan fingerprint density at radius 3 is 2.48 bits per heavy atom. The number of alkyl halides is 3. The largest absolute Gasteiger partial charge is 0.419 e. The summed E-state index contributed by atoms with van der Waals surface area (Å²) in [6.45, 7) is 3.05. The molecule has 0 bridgehead atoms. The second kappa shape index (κ2) is 6.59. The number of hydrogen-bond acceptors (Lipinski definition) is 3. The highest BCUT2D eigenvalue weighted by Gasteiger charge is 2.35. The third-order valence-electron chi connectivity index (χ3n) is 3.94. The van der Waals surface area contributed by atoms with E-state index >= 15 is 0 Å². The summed E-state index contributed by atoms with van der Waals surface area (Å²) in [4.78, 5) is 3.10. The first-order valence-electron chi connectivity index (χ1n) is 7.31. The highest BCUT2D eigenvalue weighted by atomic mass is 32.1. The second-order valence-electron chi connectivity index (χ2n) is 5.44. The van der Waals surface area contributed by atoms with Gasteiger partial charge in [-0.15, -0.1) is 11.3 Å². The number of hydrogen-bond donors (Lipinski definition) is 1. The lowest BCUT2D eigenvalue weighted by Gasteiger charge is -2.35. The molecule has 1 aromatic carbocycles. The average molecular weight is 344 g/mol. The van der Waals surface area contributed by atoms with E-state index in [-0.39, 0.29) is 6.04 Å². The van der Waals surface area contributed by atoms with Gasteiger partial charge in [0.1, 0.15) is 5.82 Å². The van der Waals surface area contributed by atoms with Crippen LogP contribution in [0.1, 0.15) is 22.0 Å². The van der Waals surface area contributed by atoms with E-state index in [0.29, 0.717) is 5.56 Å². The third-order valence-corrected chi connectivity index (χ3v) is 4.87. The van der Waals surface area contributed by atoms with E-state index in [4.69, 9.17) is 0 Å². The molecule has 3 rings (SSSR count). The van der Waals surface area contributed by atoms with Crippen LogP contribution in [0.3, 0.4) is 0 Å². The molecule has 0 radical (unpaired) electrons. The molecular weight excluding hydrogens is 328 g/mol. The lowest BCUT2D eigenvalue weighted by atomic mass is 9.99. The first-order valence-corrected chi connectivity index (χ1v) is 8.19. The second-order valence-corrected chi connectivity index (χ2v) is 6.42. The van der Waals surface area contributed by atoms with Crippen molar-refractivity contribution in [3.63, 3.8) is 0 Å². The molecule has 1 fully saturated rings. The van der Waals surface area contributed by atoms with Crippen molar-refractivity contribution in [3.8, 4) is 0 Å². The van der Waals surface area contributed by atoms with Crippen molar-refractivity contribution in [1.29, 1.82) is 0 Å². The Balaban J connectivity index is 2.03.